The third-order valence-electron chi connectivity index (χ3n) is 3.72. The van der Waals surface area contributed by atoms with Crippen molar-refractivity contribution in [3.63, 3.8) is 0 Å². The number of hydrazine groups is 1. The fourth-order valence-electron chi connectivity index (χ4n) is 2.18. The van der Waals surface area contributed by atoms with Crippen LogP contribution in [-0.4, -0.2) is 11.8 Å². The van der Waals surface area contributed by atoms with Crippen LogP contribution in [0.1, 0.15) is 28.8 Å². The van der Waals surface area contributed by atoms with Crippen molar-refractivity contribution in [3.8, 4) is 5.75 Å². The maximum atomic E-state index is 12.3. The zero-order valence-corrected chi connectivity index (χ0v) is 13.7. The summed E-state index contributed by atoms with van der Waals surface area (Å²) in [5.41, 5.74) is 6.04. The highest BCUT2D eigenvalue weighted by atomic mass is 35.5. The monoisotopic (exact) mass is 344 g/mol. The van der Waals surface area contributed by atoms with Gasteiger partial charge in [0.25, 0.3) is 5.91 Å². The Bertz CT molecular complexity index is 759. The second-order valence-corrected chi connectivity index (χ2v) is 6.00. The van der Waals surface area contributed by atoms with Crippen molar-refractivity contribution >= 4 is 23.4 Å². The molecule has 24 heavy (non-hydrogen) atoms. The van der Waals surface area contributed by atoms with Crippen molar-refractivity contribution in [2.24, 2.45) is 5.92 Å². The van der Waals surface area contributed by atoms with E-state index in [0.29, 0.717) is 16.3 Å². The van der Waals surface area contributed by atoms with Crippen LogP contribution in [0.5, 0.6) is 5.75 Å². The van der Waals surface area contributed by atoms with Crippen LogP contribution in [0.2, 0.25) is 5.02 Å². The first-order valence-electron chi connectivity index (χ1n) is 7.70. The molecule has 2 aromatic rings. The lowest BCUT2D eigenvalue weighted by Crippen LogP contribution is -2.42. The number of rotatable bonds is 5. The molecule has 0 heterocycles. The number of carbonyl (C=O) groups is 2. The van der Waals surface area contributed by atoms with Gasteiger partial charge in [-0.2, -0.15) is 0 Å². The van der Waals surface area contributed by atoms with Crippen LogP contribution in [0.25, 0.3) is 0 Å². The Balaban J connectivity index is 1.64. The number of amides is 2. The summed E-state index contributed by atoms with van der Waals surface area (Å²) in [5, 5.41) is 0.608. The summed E-state index contributed by atoms with van der Waals surface area (Å²) in [6.07, 6.45) is 1.75. The highest BCUT2D eigenvalue weighted by Gasteiger charge is 2.29. The Hall–Kier alpha value is -2.53. The molecule has 1 fully saturated rings. The first kappa shape index (κ1) is 16.3. The van der Waals surface area contributed by atoms with Gasteiger partial charge in [-0.25, -0.2) is 0 Å². The van der Waals surface area contributed by atoms with Crippen molar-refractivity contribution in [1.82, 2.24) is 10.9 Å². The molecular formula is C18H17ClN2O3. The minimum atomic E-state index is -0.418. The summed E-state index contributed by atoms with van der Waals surface area (Å²) >= 11 is 6.11. The smallest absolute Gasteiger partial charge is 0.273 e. The Morgan fingerprint density at radius 1 is 1.04 bits per heavy atom. The van der Waals surface area contributed by atoms with Crippen molar-refractivity contribution in [2.45, 2.75) is 19.4 Å². The highest BCUT2D eigenvalue weighted by Crippen LogP contribution is 2.28. The largest absolute Gasteiger partial charge is 0.488 e. The Morgan fingerprint density at radius 2 is 1.75 bits per heavy atom. The quantitative estimate of drug-likeness (QED) is 0.819. The lowest BCUT2D eigenvalue weighted by Gasteiger charge is -2.12. The summed E-state index contributed by atoms with van der Waals surface area (Å²) in [7, 11) is 0. The first-order valence-corrected chi connectivity index (χ1v) is 8.08. The average molecular weight is 345 g/mol. The molecular weight excluding hydrogens is 328 g/mol. The molecule has 1 aliphatic carbocycles. The molecule has 5 nitrogen and oxygen atoms in total. The van der Waals surface area contributed by atoms with Crippen LogP contribution in [-0.2, 0) is 11.4 Å². The first-order chi connectivity index (χ1) is 11.6. The third-order valence-corrected chi connectivity index (χ3v) is 4.09. The minimum absolute atomic E-state index is 0.0250. The van der Waals surface area contributed by atoms with Gasteiger partial charge in [0.15, 0.2) is 0 Å². The molecule has 0 aliphatic heterocycles. The van der Waals surface area contributed by atoms with Crippen LogP contribution in [0, 0.1) is 5.92 Å². The van der Waals surface area contributed by atoms with E-state index in [2.05, 4.69) is 10.9 Å². The SMILES string of the molecule is O=C(NNC(=O)C1CC1)c1ccccc1OCc1ccccc1Cl. The van der Waals surface area contributed by atoms with Gasteiger partial charge in [-0.15, -0.1) is 0 Å². The Morgan fingerprint density at radius 3 is 2.50 bits per heavy atom. The fourth-order valence-corrected chi connectivity index (χ4v) is 2.37. The van der Waals surface area contributed by atoms with E-state index >= 15 is 0 Å². The van der Waals surface area contributed by atoms with Gasteiger partial charge < -0.3 is 4.74 Å². The number of hydrogen-bond acceptors (Lipinski definition) is 3. The Labute approximate surface area is 144 Å². The second kappa shape index (κ2) is 7.36. The minimum Gasteiger partial charge on any atom is -0.488 e. The standard InChI is InChI=1S/C18H17ClN2O3/c19-15-7-3-1-5-13(15)11-24-16-8-4-2-6-14(16)18(23)21-20-17(22)12-9-10-12/h1-8,12H,9-11H2,(H,20,22)(H,21,23). The van der Waals surface area contributed by atoms with Crippen molar-refractivity contribution in [2.75, 3.05) is 0 Å². The molecule has 0 spiro atoms. The van der Waals surface area contributed by atoms with Crippen LogP contribution in [0.4, 0.5) is 0 Å². The van der Waals surface area contributed by atoms with E-state index in [1.807, 2.05) is 18.2 Å². The summed E-state index contributed by atoms with van der Waals surface area (Å²) in [5.74, 6) is -0.121. The third kappa shape index (κ3) is 4.06. The highest BCUT2D eigenvalue weighted by molar-refractivity contribution is 6.31. The molecule has 2 amide bonds. The molecule has 0 aromatic heterocycles. The maximum absolute atomic E-state index is 12.3. The number of hydrogen-bond donors (Lipinski definition) is 2. The van der Waals surface area contributed by atoms with Crippen LogP contribution >= 0.6 is 11.6 Å². The lowest BCUT2D eigenvalue weighted by molar-refractivity contribution is -0.123. The molecule has 6 heteroatoms. The van der Waals surface area contributed by atoms with Gasteiger partial charge in [-0.1, -0.05) is 41.9 Å². The number of para-hydroxylation sites is 1. The van der Waals surface area contributed by atoms with Crippen molar-refractivity contribution in [3.05, 3.63) is 64.7 Å². The molecule has 2 N–H and O–H groups in total. The number of carbonyl (C=O) groups excluding carboxylic acids is 2. The molecule has 0 saturated heterocycles. The molecule has 0 unspecified atom stereocenters. The summed E-state index contributed by atoms with van der Waals surface area (Å²) in [4.78, 5) is 23.9. The molecule has 2 aromatic carbocycles. The van der Waals surface area contributed by atoms with Crippen LogP contribution in [0.15, 0.2) is 48.5 Å². The zero-order chi connectivity index (χ0) is 16.9. The van der Waals surface area contributed by atoms with Gasteiger partial charge in [-0.3, -0.25) is 20.4 Å². The van der Waals surface area contributed by atoms with Gasteiger partial charge in [0, 0.05) is 16.5 Å². The van der Waals surface area contributed by atoms with Crippen molar-refractivity contribution in [1.29, 1.82) is 0 Å². The number of halogens is 1. The normalized spacial score (nSPS) is 13.2. The van der Waals surface area contributed by atoms with Crippen molar-refractivity contribution < 1.29 is 14.3 Å². The number of nitrogens with one attached hydrogen (secondary N) is 2. The van der Waals surface area contributed by atoms with E-state index in [1.165, 1.54) is 0 Å². The van der Waals surface area contributed by atoms with Crippen LogP contribution in [0.3, 0.4) is 0 Å². The molecule has 3 rings (SSSR count). The van der Waals surface area contributed by atoms with Gasteiger partial charge in [0.2, 0.25) is 5.91 Å². The van der Waals surface area contributed by atoms with Gasteiger partial charge in [0.1, 0.15) is 12.4 Å². The molecule has 0 atom stereocenters. The number of ether oxygens (including phenoxy) is 1. The average Bonchev–Trinajstić information content (AvgIpc) is 3.44. The predicted molar refractivity (Wildman–Crippen MR) is 90.6 cm³/mol. The molecule has 0 radical (unpaired) electrons. The summed E-state index contributed by atoms with van der Waals surface area (Å²) in [6, 6.07) is 14.2. The van der Waals surface area contributed by atoms with Gasteiger partial charge in [0.05, 0.1) is 5.56 Å². The zero-order valence-electron chi connectivity index (χ0n) is 12.9. The van der Waals surface area contributed by atoms with Gasteiger partial charge in [-0.05, 0) is 31.0 Å². The van der Waals surface area contributed by atoms with E-state index in [1.54, 1.807) is 30.3 Å². The van der Waals surface area contributed by atoms with E-state index in [-0.39, 0.29) is 18.4 Å². The molecule has 0 bridgehead atoms. The van der Waals surface area contributed by atoms with E-state index in [0.717, 1.165) is 18.4 Å². The fraction of sp³-hybridized carbons (Fsp3) is 0.222. The van der Waals surface area contributed by atoms with E-state index in [9.17, 15) is 9.59 Å². The maximum Gasteiger partial charge on any atom is 0.273 e. The molecule has 124 valence electrons. The summed E-state index contributed by atoms with van der Waals surface area (Å²) in [6.45, 7) is 0.248. The predicted octanol–water partition coefficient (Wildman–Crippen LogP) is 3.09. The van der Waals surface area contributed by atoms with Crippen LogP contribution < -0.4 is 15.6 Å². The molecule has 1 saturated carbocycles. The van der Waals surface area contributed by atoms with Gasteiger partial charge >= 0.3 is 0 Å². The molecule has 1 aliphatic rings. The van der Waals surface area contributed by atoms with E-state index < -0.39 is 5.91 Å². The number of benzene rings is 2. The lowest BCUT2D eigenvalue weighted by atomic mass is 10.2. The summed E-state index contributed by atoms with van der Waals surface area (Å²) < 4.78 is 5.73. The van der Waals surface area contributed by atoms with E-state index in [4.69, 9.17) is 16.3 Å². The second-order valence-electron chi connectivity index (χ2n) is 5.59. The topological polar surface area (TPSA) is 67.4 Å². The Kier molecular flexibility index (Phi) is 5.01.